The molecule has 0 spiro atoms. The lowest BCUT2D eigenvalue weighted by atomic mass is 9.82. The summed E-state index contributed by atoms with van der Waals surface area (Å²) in [7, 11) is 0. The molecule has 1 aromatic heterocycles. The Morgan fingerprint density at radius 3 is 3.00 bits per heavy atom. The first kappa shape index (κ1) is 10.3. The Morgan fingerprint density at radius 2 is 2.33 bits per heavy atom. The number of carbonyl (C=O) groups excluding carboxylic acids is 1. The van der Waals surface area contributed by atoms with Crippen molar-refractivity contribution < 1.29 is 4.79 Å². The fourth-order valence-electron chi connectivity index (χ4n) is 2.21. The molecule has 1 aliphatic carbocycles. The van der Waals surface area contributed by atoms with Gasteiger partial charge in [0.15, 0.2) is 5.78 Å². The Labute approximate surface area is 89.7 Å². The van der Waals surface area contributed by atoms with E-state index in [0.29, 0.717) is 0 Å². The highest BCUT2D eigenvalue weighted by Crippen LogP contribution is 2.26. The summed E-state index contributed by atoms with van der Waals surface area (Å²) < 4.78 is 0. The highest BCUT2D eigenvalue weighted by molar-refractivity contribution is 5.97. The van der Waals surface area contributed by atoms with E-state index in [2.05, 4.69) is 4.98 Å². The van der Waals surface area contributed by atoms with E-state index in [1.807, 2.05) is 6.07 Å². The minimum atomic E-state index is 0.109. The van der Waals surface area contributed by atoms with Crippen LogP contribution < -0.4 is 5.73 Å². The van der Waals surface area contributed by atoms with Gasteiger partial charge in [-0.3, -0.25) is 9.78 Å². The predicted molar refractivity (Wildman–Crippen MR) is 58.5 cm³/mol. The number of ketones is 1. The number of aromatic nitrogens is 1. The molecule has 3 heteroatoms. The van der Waals surface area contributed by atoms with Crippen LogP contribution in [-0.2, 0) is 0 Å². The van der Waals surface area contributed by atoms with Gasteiger partial charge < -0.3 is 5.73 Å². The lowest BCUT2D eigenvalue weighted by Gasteiger charge is -2.25. The number of hydrogen-bond donors (Lipinski definition) is 1. The zero-order valence-corrected chi connectivity index (χ0v) is 8.73. The van der Waals surface area contributed by atoms with Crippen molar-refractivity contribution >= 4 is 5.78 Å². The van der Waals surface area contributed by atoms with Crippen LogP contribution in [0.3, 0.4) is 0 Å². The van der Waals surface area contributed by atoms with Gasteiger partial charge in [0, 0.05) is 29.9 Å². The monoisotopic (exact) mass is 204 g/mol. The van der Waals surface area contributed by atoms with Crippen LogP contribution in [0.25, 0.3) is 0 Å². The highest BCUT2D eigenvalue weighted by atomic mass is 16.1. The first-order valence-electron chi connectivity index (χ1n) is 5.47. The molecule has 1 aliphatic rings. The minimum absolute atomic E-state index is 0.109. The van der Waals surface area contributed by atoms with Crippen LogP contribution in [-0.4, -0.2) is 16.8 Å². The average molecular weight is 204 g/mol. The molecule has 1 fully saturated rings. The van der Waals surface area contributed by atoms with Gasteiger partial charge >= 0.3 is 0 Å². The Kier molecular flexibility index (Phi) is 3.11. The largest absolute Gasteiger partial charge is 0.328 e. The summed E-state index contributed by atoms with van der Waals surface area (Å²) in [5, 5.41) is 0. The van der Waals surface area contributed by atoms with E-state index in [0.717, 1.165) is 31.2 Å². The van der Waals surface area contributed by atoms with E-state index in [-0.39, 0.29) is 17.7 Å². The second-order valence-electron chi connectivity index (χ2n) is 4.23. The van der Waals surface area contributed by atoms with E-state index in [1.165, 1.54) is 0 Å². The van der Waals surface area contributed by atoms with Crippen LogP contribution in [0.2, 0.25) is 0 Å². The average Bonchev–Trinajstić information content (AvgIpc) is 2.29. The van der Waals surface area contributed by atoms with Crippen molar-refractivity contribution in [2.24, 2.45) is 11.7 Å². The third-order valence-electron chi connectivity index (χ3n) is 3.03. The quantitative estimate of drug-likeness (QED) is 0.747. The maximum Gasteiger partial charge on any atom is 0.167 e. The van der Waals surface area contributed by atoms with Crippen LogP contribution in [0.4, 0.5) is 0 Å². The topological polar surface area (TPSA) is 56.0 Å². The van der Waals surface area contributed by atoms with Gasteiger partial charge in [-0.1, -0.05) is 6.42 Å². The molecule has 3 nitrogen and oxygen atoms in total. The van der Waals surface area contributed by atoms with E-state index in [1.54, 1.807) is 18.5 Å². The number of nitrogens with zero attached hydrogens (tertiary/aromatic N) is 1. The third-order valence-corrected chi connectivity index (χ3v) is 3.03. The number of nitrogens with two attached hydrogens (primary N) is 1. The maximum absolute atomic E-state index is 12.0. The zero-order chi connectivity index (χ0) is 10.7. The summed E-state index contributed by atoms with van der Waals surface area (Å²) in [5.74, 6) is 0.316. The number of rotatable bonds is 2. The Balaban J connectivity index is 2.08. The number of pyridine rings is 1. The molecule has 0 radical (unpaired) electrons. The molecule has 0 amide bonds. The fraction of sp³-hybridized carbons (Fsp3) is 0.500. The van der Waals surface area contributed by atoms with Crippen LogP contribution in [0.1, 0.15) is 36.0 Å². The molecule has 2 unspecified atom stereocenters. The molecule has 2 N–H and O–H groups in total. The van der Waals surface area contributed by atoms with Crippen LogP contribution >= 0.6 is 0 Å². The normalized spacial score (nSPS) is 26.2. The van der Waals surface area contributed by atoms with Crippen molar-refractivity contribution in [2.75, 3.05) is 0 Å². The number of Topliss-reactive ketones (excluding diaryl/α,β-unsaturated/α-hetero) is 1. The first-order chi connectivity index (χ1) is 7.27. The maximum atomic E-state index is 12.0. The summed E-state index contributed by atoms with van der Waals surface area (Å²) in [6, 6.07) is 3.83. The summed E-state index contributed by atoms with van der Waals surface area (Å²) >= 11 is 0. The summed E-state index contributed by atoms with van der Waals surface area (Å²) in [4.78, 5) is 16.0. The van der Waals surface area contributed by atoms with E-state index < -0.39 is 0 Å². The fourth-order valence-corrected chi connectivity index (χ4v) is 2.21. The number of carbonyl (C=O) groups is 1. The SMILES string of the molecule is NC1CCCC(C(=O)c2cccnc2)C1. The Bertz CT molecular complexity index is 337. The van der Waals surface area contributed by atoms with E-state index in [9.17, 15) is 4.79 Å². The van der Waals surface area contributed by atoms with Gasteiger partial charge in [0.05, 0.1) is 0 Å². The Hall–Kier alpha value is -1.22. The van der Waals surface area contributed by atoms with E-state index in [4.69, 9.17) is 5.73 Å². The van der Waals surface area contributed by atoms with Gasteiger partial charge in [0.1, 0.15) is 0 Å². The standard InChI is InChI=1S/C12H16N2O/c13-11-5-1-3-9(7-11)12(15)10-4-2-6-14-8-10/h2,4,6,8-9,11H,1,3,5,7,13H2. The molecule has 0 saturated heterocycles. The molecule has 15 heavy (non-hydrogen) atoms. The molecule has 1 saturated carbocycles. The molecule has 0 aromatic carbocycles. The van der Waals surface area contributed by atoms with E-state index >= 15 is 0 Å². The lowest BCUT2D eigenvalue weighted by molar-refractivity contribution is 0.0881. The van der Waals surface area contributed by atoms with Crippen molar-refractivity contribution in [1.82, 2.24) is 4.98 Å². The third kappa shape index (κ3) is 2.42. The van der Waals surface area contributed by atoms with Crippen LogP contribution in [0.5, 0.6) is 0 Å². The van der Waals surface area contributed by atoms with Gasteiger partial charge in [-0.2, -0.15) is 0 Å². The first-order valence-corrected chi connectivity index (χ1v) is 5.47. The van der Waals surface area contributed by atoms with Gasteiger partial charge in [-0.25, -0.2) is 0 Å². The summed E-state index contributed by atoms with van der Waals surface area (Å²) in [5.41, 5.74) is 6.59. The summed E-state index contributed by atoms with van der Waals surface area (Å²) in [6.07, 6.45) is 7.25. The van der Waals surface area contributed by atoms with Crippen molar-refractivity contribution in [3.63, 3.8) is 0 Å². The van der Waals surface area contributed by atoms with Crippen molar-refractivity contribution in [1.29, 1.82) is 0 Å². The highest BCUT2D eigenvalue weighted by Gasteiger charge is 2.25. The molecule has 80 valence electrons. The second kappa shape index (κ2) is 4.53. The lowest BCUT2D eigenvalue weighted by Crippen LogP contribution is -2.31. The van der Waals surface area contributed by atoms with Crippen molar-refractivity contribution in [3.8, 4) is 0 Å². The van der Waals surface area contributed by atoms with Crippen LogP contribution in [0, 0.1) is 5.92 Å². The van der Waals surface area contributed by atoms with Crippen molar-refractivity contribution in [2.45, 2.75) is 31.7 Å². The molecule has 2 atom stereocenters. The molecule has 1 heterocycles. The number of hydrogen-bond acceptors (Lipinski definition) is 3. The smallest absolute Gasteiger partial charge is 0.167 e. The molecule has 0 bridgehead atoms. The zero-order valence-electron chi connectivity index (χ0n) is 8.73. The van der Waals surface area contributed by atoms with Crippen LogP contribution in [0.15, 0.2) is 24.5 Å². The van der Waals surface area contributed by atoms with Gasteiger partial charge in [-0.05, 0) is 31.4 Å². The second-order valence-corrected chi connectivity index (χ2v) is 4.23. The molecule has 0 aliphatic heterocycles. The Morgan fingerprint density at radius 1 is 1.47 bits per heavy atom. The molecular formula is C12H16N2O. The van der Waals surface area contributed by atoms with Crippen molar-refractivity contribution in [3.05, 3.63) is 30.1 Å². The summed E-state index contributed by atoms with van der Waals surface area (Å²) in [6.45, 7) is 0. The predicted octanol–water partition coefficient (Wildman–Crippen LogP) is 1.78. The molecule has 2 rings (SSSR count). The minimum Gasteiger partial charge on any atom is -0.328 e. The molecular weight excluding hydrogens is 188 g/mol. The van der Waals surface area contributed by atoms with Gasteiger partial charge in [0.25, 0.3) is 0 Å². The van der Waals surface area contributed by atoms with Gasteiger partial charge in [-0.15, -0.1) is 0 Å². The molecule has 1 aromatic rings. The van der Waals surface area contributed by atoms with Gasteiger partial charge in [0.2, 0.25) is 0 Å².